The van der Waals surface area contributed by atoms with Crippen LogP contribution in [0.4, 0.5) is 5.69 Å². The predicted octanol–water partition coefficient (Wildman–Crippen LogP) is 5.10. The molecule has 164 valence electrons. The highest BCUT2D eigenvalue weighted by atomic mass is 35.5. The van der Waals surface area contributed by atoms with E-state index in [0.717, 1.165) is 5.69 Å². The Morgan fingerprint density at radius 3 is 2.64 bits per heavy atom. The monoisotopic (exact) mass is 475 g/mol. The average molecular weight is 476 g/mol. The fourth-order valence-electron chi connectivity index (χ4n) is 3.02. The first-order valence-corrected chi connectivity index (χ1v) is 11.3. The number of nitriles is 1. The van der Waals surface area contributed by atoms with Gasteiger partial charge in [-0.3, -0.25) is 9.36 Å². The van der Waals surface area contributed by atoms with E-state index in [2.05, 4.69) is 21.6 Å². The zero-order chi connectivity index (χ0) is 23.0. The van der Waals surface area contributed by atoms with Crippen LogP contribution in [-0.2, 0) is 11.4 Å². The SMILES string of the molecule is N#Cc1cccc(NC(=O)CSc2nnc(COc3ccccc3Cl)n2-c2ccccc2)c1. The Hall–Kier alpha value is -3.80. The molecule has 3 aromatic carbocycles. The summed E-state index contributed by atoms with van der Waals surface area (Å²) in [5.74, 6) is 1.03. The molecule has 1 aromatic heterocycles. The molecule has 0 fully saturated rings. The topological polar surface area (TPSA) is 92.8 Å². The van der Waals surface area contributed by atoms with Gasteiger partial charge in [0, 0.05) is 11.4 Å². The van der Waals surface area contributed by atoms with Crippen molar-refractivity contribution in [2.24, 2.45) is 0 Å². The van der Waals surface area contributed by atoms with Crippen molar-refractivity contribution < 1.29 is 9.53 Å². The first kappa shape index (κ1) is 22.4. The minimum Gasteiger partial charge on any atom is -0.484 e. The maximum atomic E-state index is 12.5. The third kappa shape index (κ3) is 5.71. The summed E-state index contributed by atoms with van der Waals surface area (Å²) in [6, 6.07) is 25.6. The number of nitrogens with one attached hydrogen (secondary N) is 1. The number of carbonyl (C=O) groups is 1. The summed E-state index contributed by atoms with van der Waals surface area (Å²) in [5, 5.41) is 21.4. The van der Waals surface area contributed by atoms with Gasteiger partial charge in [-0.05, 0) is 42.5 Å². The molecule has 0 bridgehead atoms. The highest BCUT2D eigenvalue weighted by molar-refractivity contribution is 7.99. The molecule has 0 saturated heterocycles. The molecule has 0 aliphatic carbocycles. The lowest BCUT2D eigenvalue weighted by Gasteiger charge is -2.12. The van der Waals surface area contributed by atoms with Gasteiger partial charge in [-0.15, -0.1) is 10.2 Å². The van der Waals surface area contributed by atoms with Gasteiger partial charge in [-0.1, -0.05) is 59.8 Å². The van der Waals surface area contributed by atoms with E-state index in [9.17, 15) is 4.79 Å². The van der Waals surface area contributed by atoms with Gasteiger partial charge in [-0.25, -0.2) is 0 Å². The molecule has 1 N–H and O–H groups in total. The van der Waals surface area contributed by atoms with Crippen LogP contribution in [0.5, 0.6) is 5.75 Å². The second kappa shape index (κ2) is 10.7. The zero-order valence-corrected chi connectivity index (χ0v) is 18.9. The maximum absolute atomic E-state index is 12.5. The zero-order valence-electron chi connectivity index (χ0n) is 17.3. The van der Waals surface area contributed by atoms with Crippen molar-refractivity contribution >= 4 is 35.0 Å². The second-order valence-electron chi connectivity index (χ2n) is 6.82. The van der Waals surface area contributed by atoms with E-state index in [1.165, 1.54) is 11.8 Å². The standard InChI is InChI=1S/C24H18ClN5O2S/c25-20-11-4-5-12-21(20)32-15-22-28-29-24(30(22)19-9-2-1-3-10-19)33-16-23(31)27-18-8-6-7-17(13-18)14-26/h1-13H,15-16H2,(H,27,31). The highest BCUT2D eigenvalue weighted by Gasteiger charge is 2.17. The third-order valence-corrected chi connectivity index (χ3v) is 5.76. The van der Waals surface area contributed by atoms with Crippen LogP contribution < -0.4 is 10.1 Å². The van der Waals surface area contributed by atoms with E-state index in [1.54, 1.807) is 36.4 Å². The number of para-hydroxylation sites is 2. The van der Waals surface area contributed by atoms with Crippen LogP contribution in [0.25, 0.3) is 5.69 Å². The Kier molecular flexibility index (Phi) is 7.25. The van der Waals surface area contributed by atoms with E-state index >= 15 is 0 Å². The maximum Gasteiger partial charge on any atom is 0.234 e. The molecule has 0 aliphatic heterocycles. The largest absolute Gasteiger partial charge is 0.484 e. The van der Waals surface area contributed by atoms with Gasteiger partial charge in [0.1, 0.15) is 12.4 Å². The molecule has 4 rings (SSSR count). The molecule has 1 heterocycles. The molecule has 0 unspecified atom stereocenters. The number of hydrogen-bond donors (Lipinski definition) is 1. The van der Waals surface area contributed by atoms with E-state index in [-0.39, 0.29) is 18.3 Å². The Morgan fingerprint density at radius 2 is 1.85 bits per heavy atom. The van der Waals surface area contributed by atoms with Crippen molar-refractivity contribution in [1.29, 1.82) is 5.26 Å². The van der Waals surface area contributed by atoms with Crippen LogP contribution in [0.15, 0.2) is 84.0 Å². The highest BCUT2D eigenvalue weighted by Crippen LogP contribution is 2.26. The first-order valence-electron chi connectivity index (χ1n) is 9.94. The Bertz CT molecular complexity index is 1300. The number of halogens is 1. The molecule has 33 heavy (non-hydrogen) atoms. The van der Waals surface area contributed by atoms with Crippen molar-refractivity contribution in [3.05, 3.63) is 95.3 Å². The van der Waals surface area contributed by atoms with Gasteiger partial charge in [-0.2, -0.15) is 5.26 Å². The van der Waals surface area contributed by atoms with Gasteiger partial charge in [0.15, 0.2) is 11.0 Å². The lowest BCUT2D eigenvalue weighted by atomic mass is 10.2. The minimum atomic E-state index is -0.216. The second-order valence-corrected chi connectivity index (χ2v) is 8.17. The average Bonchev–Trinajstić information content (AvgIpc) is 3.25. The molecule has 0 atom stereocenters. The van der Waals surface area contributed by atoms with E-state index in [4.69, 9.17) is 21.6 Å². The Morgan fingerprint density at radius 1 is 1.06 bits per heavy atom. The quantitative estimate of drug-likeness (QED) is 0.356. The van der Waals surface area contributed by atoms with Gasteiger partial charge in [0.25, 0.3) is 0 Å². The number of nitrogens with zero attached hydrogens (tertiary/aromatic N) is 4. The van der Waals surface area contributed by atoms with Crippen molar-refractivity contribution in [1.82, 2.24) is 14.8 Å². The number of ether oxygens (including phenoxy) is 1. The summed E-state index contributed by atoms with van der Waals surface area (Å²) in [5.41, 5.74) is 1.90. The molecule has 0 spiro atoms. The van der Waals surface area contributed by atoms with Crippen LogP contribution in [0.1, 0.15) is 11.4 Å². The van der Waals surface area contributed by atoms with Crippen molar-refractivity contribution in [3.63, 3.8) is 0 Å². The van der Waals surface area contributed by atoms with Gasteiger partial charge >= 0.3 is 0 Å². The number of anilines is 1. The molecule has 0 aliphatic rings. The fraction of sp³-hybridized carbons (Fsp3) is 0.0833. The smallest absolute Gasteiger partial charge is 0.234 e. The van der Waals surface area contributed by atoms with Gasteiger partial charge in [0.2, 0.25) is 5.91 Å². The van der Waals surface area contributed by atoms with Crippen LogP contribution in [0, 0.1) is 11.3 Å². The van der Waals surface area contributed by atoms with E-state index in [0.29, 0.717) is 33.0 Å². The third-order valence-electron chi connectivity index (χ3n) is 4.52. The first-order chi connectivity index (χ1) is 16.1. The number of thioether (sulfide) groups is 1. The fourth-order valence-corrected chi connectivity index (χ4v) is 3.98. The lowest BCUT2D eigenvalue weighted by molar-refractivity contribution is -0.113. The summed E-state index contributed by atoms with van der Waals surface area (Å²) < 4.78 is 7.71. The van der Waals surface area contributed by atoms with Crippen molar-refractivity contribution in [2.75, 3.05) is 11.1 Å². The summed E-state index contributed by atoms with van der Waals surface area (Å²) in [4.78, 5) is 12.5. The molecular weight excluding hydrogens is 458 g/mol. The normalized spacial score (nSPS) is 10.4. The number of hydrogen-bond acceptors (Lipinski definition) is 6. The Balaban J connectivity index is 1.50. The molecule has 0 radical (unpaired) electrons. The minimum absolute atomic E-state index is 0.118. The van der Waals surface area contributed by atoms with Crippen LogP contribution in [-0.4, -0.2) is 26.4 Å². The summed E-state index contributed by atoms with van der Waals surface area (Å²) in [7, 11) is 0. The van der Waals surface area contributed by atoms with Crippen LogP contribution >= 0.6 is 23.4 Å². The van der Waals surface area contributed by atoms with Crippen LogP contribution in [0.2, 0.25) is 5.02 Å². The summed E-state index contributed by atoms with van der Waals surface area (Å²) >= 11 is 7.44. The van der Waals surface area contributed by atoms with Crippen LogP contribution in [0.3, 0.4) is 0 Å². The molecule has 0 saturated carbocycles. The van der Waals surface area contributed by atoms with Gasteiger partial charge in [0.05, 0.1) is 22.4 Å². The van der Waals surface area contributed by atoms with Crippen molar-refractivity contribution in [3.8, 4) is 17.5 Å². The number of amides is 1. The van der Waals surface area contributed by atoms with E-state index in [1.807, 2.05) is 47.0 Å². The lowest BCUT2D eigenvalue weighted by Crippen LogP contribution is -2.15. The number of benzene rings is 3. The molecule has 4 aromatic rings. The Labute approximate surface area is 200 Å². The molecule has 7 nitrogen and oxygen atoms in total. The van der Waals surface area contributed by atoms with Crippen molar-refractivity contribution in [2.45, 2.75) is 11.8 Å². The van der Waals surface area contributed by atoms with Gasteiger partial charge < -0.3 is 10.1 Å². The molecule has 1 amide bonds. The number of aromatic nitrogens is 3. The summed E-state index contributed by atoms with van der Waals surface area (Å²) in [6.45, 7) is 0.152. The molecular formula is C24H18ClN5O2S. The predicted molar refractivity (Wildman–Crippen MR) is 128 cm³/mol. The number of carbonyl (C=O) groups excluding carboxylic acids is 1. The summed E-state index contributed by atoms with van der Waals surface area (Å²) in [6.07, 6.45) is 0. The molecule has 9 heteroatoms. The number of rotatable bonds is 8. The van der Waals surface area contributed by atoms with E-state index < -0.39 is 0 Å².